The maximum Gasteiger partial charge on any atom is 0.573 e. The van der Waals surface area contributed by atoms with E-state index >= 15 is 0 Å². The van der Waals surface area contributed by atoms with Crippen molar-refractivity contribution >= 4 is 0 Å². The fraction of sp³-hybridized carbons (Fsp3) is 0.455. The van der Waals surface area contributed by atoms with Crippen LogP contribution in [0.25, 0.3) is 0 Å². The number of alkyl halides is 3. The van der Waals surface area contributed by atoms with E-state index in [0.717, 1.165) is 5.56 Å². The van der Waals surface area contributed by atoms with Gasteiger partial charge in [0.2, 0.25) is 0 Å². The second-order valence-corrected chi connectivity index (χ2v) is 3.50. The van der Waals surface area contributed by atoms with Gasteiger partial charge in [0.15, 0.2) is 0 Å². The lowest BCUT2D eigenvalue weighted by Gasteiger charge is -2.16. The van der Waals surface area contributed by atoms with Crippen LogP contribution in [0, 0.1) is 0 Å². The van der Waals surface area contributed by atoms with Crippen LogP contribution in [0.2, 0.25) is 0 Å². The summed E-state index contributed by atoms with van der Waals surface area (Å²) in [7, 11) is 0. The highest BCUT2D eigenvalue weighted by atomic mass is 19.4. The Labute approximate surface area is 103 Å². The van der Waals surface area contributed by atoms with Crippen molar-refractivity contribution in [3.05, 3.63) is 29.8 Å². The number of hydrogen-bond acceptors (Lipinski definition) is 4. The lowest BCUT2D eigenvalue weighted by atomic mass is 10.1. The molecule has 0 spiro atoms. The Kier molecular flexibility index (Phi) is 5.39. The lowest BCUT2D eigenvalue weighted by Crippen LogP contribution is -2.31. The Hall–Kier alpha value is -1.31. The minimum absolute atomic E-state index is 0.265. The molecule has 0 aromatic heterocycles. The summed E-state index contributed by atoms with van der Waals surface area (Å²) in [6.07, 6.45) is -4.68. The van der Waals surface area contributed by atoms with Crippen LogP contribution < -0.4 is 16.0 Å². The number of nitrogens with one attached hydrogen (secondary N) is 1. The molecule has 4 nitrogen and oxygen atoms in total. The van der Waals surface area contributed by atoms with Crippen LogP contribution >= 0.6 is 0 Å². The fourth-order valence-corrected chi connectivity index (χ4v) is 1.38. The molecule has 1 rings (SSSR count). The molecule has 0 aliphatic carbocycles. The number of ether oxygens (including phenoxy) is 2. The molecule has 0 fully saturated rings. The minimum Gasteiger partial charge on any atom is -0.406 e. The normalized spacial score (nSPS) is 13.4. The van der Waals surface area contributed by atoms with Gasteiger partial charge in [-0.2, -0.15) is 0 Å². The van der Waals surface area contributed by atoms with E-state index in [1.807, 2.05) is 6.92 Å². The predicted molar refractivity (Wildman–Crippen MR) is 59.7 cm³/mol. The van der Waals surface area contributed by atoms with Crippen LogP contribution in [0.5, 0.6) is 5.75 Å². The van der Waals surface area contributed by atoms with Crippen molar-refractivity contribution in [1.82, 2.24) is 5.43 Å². The van der Waals surface area contributed by atoms with Gasteiger partial charge in [-0.05, 0) is 24.6 Å². The summed E-state index contributed by atoms with van der Waals surface area (Å²) in [6.45, 7) is 2.72. The Morgan fingerprint density at radius 3 is 2.33 bits per heavy atom. The molecule has 0 aliphatic rings. The van der Waals surface area contributed by atoms with Gasteiger partial charge >= 0.3 is 6.36 Å². The molecule has 0 saturated carbocycles. The van der Waals surface area contributed by atoms with Gasteiger partial charge < -0.3 is 9.47 Å². The molecule has 102 valence electrons. The van der Waals surface area contributed by atoms with Gasteiger partial charge in [0.05, 0.1) is 12.6 Å². The van der Waals surface area contributed by atoms with Gasteiger partial charge in [-0.1, -0.05) is 12.1 Å². The first-order valence-corrected chi connectivity index (χ1v) is 5.36. The third-order valence-electron chi connectivity index (χ3n) is 2.21. The number of hydrazine groups is 1. The van der Waals surface area contributed by atoms with Gasteiger partial charge in [-0.15, -0.1) is 13.2 Å². The molecule has 1 aromatic rings. The van der Waals surface area contributed by atoms with E-state index in [1.54, 1.807) is 0 Å². The van der Waals surface area contributed by atoms with Crippen LogP contribution in [0.3, 0.4) is 0 Å². The average molecular weight is 264 g/mol. The Bertz CT molecular complexity index is 354. The van der Waals surface area contributed by atoms with E-state index in [2.05, 4.69) is 10.2 Å². The first kappa shape index (κ1) is 14.7. The van der Waals surface area contributed by atoms with Gasteiger partial charge in [0, 0.05) is 6.61 Å². The van der Waals surface area contributed by atoms with Crippen LogP contribution in [-0.4, -0.2) is 19.6 Å². The quantitative estimate of drug-likeness (QED) is 0.610. The van der Waals surface area contributed by atoms with Crippen LogP contribution in [-0.2, 0) is 4.74 Å². The van der Waals surface area contributed by atoms with E-state index in [4.69, 9.17) is 10.6 Å². The molecule has 1 atom stereocenters. The van der Waals surface area contributed by atoms with Crippen LogP contribution in [0.15, 0.2) is 24.3 Å². The molecule has 0 aliphatic heterocycles. The largest absolute Gasteiger partial charge is 0.573 e. The van der Waals surface area contributed by atoms with Crippen molar-refractivity contribution < 1.29 is 22.6 Å². The monoisotopic (exact) mass is 264 g/mol. The maximum atomic E-state index is 12.0. The van der Waals surface area contributed by atoms with E-state index in [0.29, 0.717) is 13.2 Å². The third kappa shape index (κ3) is 4.91. The first-order chi connectivity index (χ1) is 8.46. The molecular weight excluding hydrogens is 249 g/mol. The zero-order chi connectivity index (χ0) is 13.6. The lowest BCUT2D eigenvalue weighted by molar-refractivity contribution is -0.274. The summed E-state index contributed by atoms with van der Waals surface area (Å²) in [5.41, 5.74) is 3.26. The summed E-state index contributed by atoms with van der Waals surface area (Å²) in [6, 6.07) is 5.21. The number of halogens is 3. The van der Waals surface area contributed by atoms with Crippen LogP contribution in [0.4, 0.5) is 13.2 Å². The fourth-order valence-electron chi connectivity index (χ4n) is 1.38. The van der Waals surface area contributed by atoms with Crippen molar-refractivity contribution in [3.8, 4) is 5.75 Å². The molecule has 7 heteroatoms. The number of benzene rings is 1. The molecule has 0 saturated heterocycles. The van der Waals surface area contributed by atoms with Crippen LogP contribution in [0.1, 0.15) is 18.5 Å². The topological polar surface area (TPSA) is 56.5 Å². The Morgan fingerprint density at radius 2 is 1.89 bits per heavy atom. The summed E-state index contributed by atoms with van der Waals surface area (Å²) in [5.74, 6) is 5.08. The molecule has 0 radical (unpaired) electrons. The van der Waals surface area contributed by atoms with E-state index in [-0.39, 0.29) is 11.8 Å². The summed E-state index contributed by atoms with van der Waals surface area (Å²) in [5, 5.41) is 0. The summed E-state index contributed by atoms with van der Waals surface area (Å²) < 4.78 is 44.8. The van der Waals surface area contributed by atoms with Crippen molar-refractivity contribution in [3.63, 3.8) is 0 Å². The van der Waals surface area contributed by atoms with Gasteiger partial charge in [-0.3, -0.25) is 11.3 Å². The summed E-state index contributed by atoms with van der Waals surface area (Å²) >= 11 is 0. The second kappa shape index (κ2) is 6.58. The highest BCUT2D eigenvalue weighted by Crippen LogP contribution is 2.24. The predicted octanol–water partition coefficient (Wildman–Crippen LogP) is 2.13. The number of rotatable bonds is 6. The zero-order valence-electron chi connectivity index (χ0n) is 9.83. The van der Waals surface area contributed by atoms with Crippen molar-refractivity contribution in [1.29, 1.82) is 0 Å². The van der Waals surface area contributed by atoms with Crippen molar-refractivity contribution in [2.45, 2.75) is 19.3 Å². The molecule has 1 unspecified atom stereocenters. The molecule has 1 aromatic carbocycles. The Balaban J connectivity index is 2.68. The van der Waals surface area contributed by atoms with E-state index in [9.17, 15) is 13.2 Å². The zero-order valence-corrected chi connectivity index (χ0v) is 9.83. The molecule has 3 N–H and O–H groups in total. The molecule has 0 bridgehead atoms. The van der Waals surface area contributed by atoms with E-state index < -0.39 is 6.36 Å². The first-order valence-electron chi connectivity index (χ1n) is 5.36. The van der Waals surface area contributed by atoms with Crippen molar-refractivity contribution in [2.75, 3.05) is 13.2 Å². The molecule has 0 amide bonds. The highest BCUT2D eigenvalue weighted by Gasteiger charge is 2.31. The standard InChI is InChI=1S/C11H15F3N2O2/c1-2-17-7-10(16-15)8-3-5-9(6-4-8)18-11(12,13)14/h3-6,10,16H,2,7,15H2,1H3. The Morgan fingerprint density at radius 1 is 1.28 bits per heavy atom. The summed E-state index contributed by atoms with van der Waals surface area (Å²) in [4.78, 5) is 0. The van der Waals surface area contributed by atoms with Gasteiger partial charge in [-0.25, -0.2) is 0 Å². The number of hydrogen-bond donors (Lipinski definition) is 2. The molecular formula is C11H15F3N2O2. The number of nitrogens with two attached hydrogens (primary N) is 1. The maximum absolute atomic E-state index is 12.0. The van der Waals surface area contributed by atoms with Crippen molar-refractivity contribution in [2.24, 2.45) is 5.84 Å². The minimum atomic E-state index is -4.68. The van der Waals surface area contributed by atoms with Gasteiger partial charge in [0.25, 0.3) is 0 Å². The van der Waals surface area contributed by atoms with E-state index in [1.165, 1.54) is 24.3 Å². The average Bonchev–Trinajstić information content (AvgIpc) is 2.30. The second-order valence-electron chi connectivity index (χ2n) is 3.50. The SMILES string of the molecule is CCOCC(NN)c1ccc(OC(F)(F)F)cc1. The molecule has 18 heavy (non-hydrogen) atoms. The third-order valence-corrected chi connectivity index (χ3v) is 2.21. The highest BCUT2D eigenvalue weighted by molar-refractivity contribution is 5.29. The molecule has 0 heterocycles. The smallest absolute Gasteiger partial charge is 0.406 e. The van der Waals surface area contributed by atoms with Gasteiger partial charge in [0.1, 0.15) is 5.75 Å².